The third-order valence-corrected chi connectivity index (χ3v) is 3.84. The summed E-state index contributed by atoms with van der Waals surface area (Å²) in [7, 11) is 3.58. The minimum absolute atomic E-state index is 0.287. The lowest BCUT2D eigenvalue weighted by molar-refractivity contribution is 0.409. The molecular formula is C16H18BrNO2. The van der Waals surface area contributed by atoms with Crippen molar-refractivity contribution in [1.29, 1.82) is 0 Å². The van der Waals surface area contributed by atoms with E-state index in [0.29, 0.717) is 0 Å². The van der Waals surface area contributed by atoms with Gasteiger partial charge in [-0.1, -0.05) is 28.1 Å². The van der Waals surface area contributed by atoms with Gasteiger partial charge in [0.05, 0.1) is 7.11 Å². The van der Waals surface area contributed by atoms with E-state index in [9.17, 15) is 0 Å². The molecular weight excluding hydrogens is 318 g/mol. The molecule has 0 aliphatic rings. The number of methoxy groups -OCH3 is 1. The largest absolute Gasteiger partial charge is 0.497 e. The fourth-order valence-corrected chi connectivity index (χ4v) is 2.58. The van der Waals surface area contributed by atoms with Crippen molar-refractivity contribution < 1.29 is 9.47 Å². The number of halogens is 1. The highest BCUT2D eigenvalue weighted by Crippen LogP contribution is 2.31. The Morgan fingerprint density at radius 3 is 2.40 bits per heavy atom. The molecule has 0 heterocycles. The molecule has 20 heavy (non-hydrogen) atoms. The second kappa shape index (κ2) is 6.77. The number of rotatable bonds is 5. The molecule has 0 fully saturated rings. The van der Waals surface area contributed by atoms with Crippen molar-refractivity contribution in [3.05, 3.63) is 52.5 Å². The van der Waals surface area contributed by atoms with E-state index in [1.54, 1.807) is 7.11 Å². The smallest absolute Gasteiger partial charge is 0.131 e. The zero-order valence-corrected chi connectivity index (χ0v) is 13.4. The van der Waals surface area contributed by atoms with Gasteiger partial charge in [-0.25, -0.2) is 0 Å². The summed E-state index contributed by atoms with van der Waals surface area (Å²) in [6.07, 6.45) is 0. The van der Waals surface area contributed by atoms with E-state index < -0.39 is 0 Å². The number of hydrogen-bond donors (Lipinski definition) is 1. The van der Waals surface area contributed by atoms with Crippen LogP contribution in [0.2, 0.25) is 0 Å². The van der Waals surface area contributed by atoms with Crippen LogP contribution in [0.4, 0.5) is 0 Å². The molecule has 2 rings (SSSR count). The van der Waals surface area contributed by atoms with Gasteiger partial charge in [0.1, 0.15) is 17.2 Å². The van der Waals surface area contributed by atoms with E-state index in [4.69, 9.17) is 9.47 Å². The molecule has 1 N–H and O–H groups in total. The first kappa shape index (κ1) is 14.9. The third-order valence-electron chi connectivity index (χ3n) is 3.15. The molecule has 0 bridgehead atoms. The predicted octanol–water partition coefficient (Wildman–Crippen LogP) is 4.53. The van der Waals surface area contributed by atoms with Crippen molar-refractivity contribution in [2.45, 2.75) is 13.0 Å². The first-order chi connectivity index (χ1) is 9.63. The van der Waals surface area contributed by atoms with Gasteiger partial charge in [-0.3, -0.25) is 0 Å². The standard InChI is InChI=1S/C16H18BrNO2/c1-11(18-2)15-8-7-14(10-16(15)17)20-13-6-4-5-12(9-13)19-3/h4-11,18H,1-3H3. The molecule has 0 aliphatic carbocycles. The number of hydrogen-bond acceptors (Lipinski definition) is 3. The second-order valence-corrected chi connectivity index (χ2v) is 5.33. The summed E-state index contributed by atoms with van der Waals surface area (Å²) in [6, 6.07) is 13.8. The monoisotopic (exact) mass is 335 g/mol. The topological polar surface area (TPSA) is 30.5 Å². The van der Waals surface area contributed by atoms with Gasteiger partial charge in [-0.05, 0) is 43.8 Å². The number of nitrogens with one attached hydrogen (secondary N) is 1. The van der Waals surface area contributed by atoms with E-state index in [-0.39, 0.29) is 6.04 Å². The molecule has 1 atom stereocenters. The zero-order chi connectivity index (χ0) is 14.5. The van der Waals surface area contributed by atoms with Crippen molar-refractivity contribution in [3.8, 4) is 17.2 Å². The first-order valence-corrected chi connectivity index (χ1v) is 7.22. The van der Waals surface area contributed by atoms with Gasteiger partial charge < -0.3 is 14.8 Å². The third kappa shape index (κ3) is 3.52. The van der Waals surface area contributed by atoms with E-state index in [2.05, 4.69) is 34.2 Å². The van der Waals surface area contributed by atoms with Crippen LogP contribution in [-0.4, -0.2) is 14.2 Å². The Balaban J connectivity index is 2.19. The number of ether oxygens (including phenoxy) is 2. The Labute approximate surface area is 128 Å². The van der Waals surface area contributed by atoms with Gasteiger partial charge in [0.2, 0.25) is 0 Å². The van der Waals surface area contributed by atoms with Gasteiger partial charge in [-0.15, -0.1) is 0 Å². The Morgan fingerprint density at radius 2 is 1.75 bits per heavy atom. The highest BCUT2D eigenvalue weighted by atomic mass is 79.9. The van der Waals surface area contributed by atoms with Crippen LogP contribution >= 0.6 is 15.9 Å². The molecule has 0 aliphatic heterocycles. The van der Waals surface area contributed by atoms with Crippen LogP contribution in [0.15, 0.2) is 46.9 Å². The van der Waals surface area contributed by atoms with Crippen LogP contribution in [0.5, 0.6) is 17.2 Å². The molecule has 1 unspecified atom stereocenters. The van der Waals surface area contributed by atoms with E-state index >= 15 is 0 Å². The molecule has 0 radical (unpaired) electrons. The highest BCUT2D eigenvalue weighted by molar-refractivity contribution is 9.10. The van der Waals surface area contributed by atoms with Crippen molar-refractivity contribution >= 4 is 15.9 Å². The number of benzene rings is 2. The van der Waals surface area contributed by atoms with Crippen LogP contribution in [0.3, 0.4) is 0 Å². The van der Waals surface area contributed by atoms with Gasteiger partial charge in [0.15, 0.2) is 0 Å². The predicted molar refractivity (Wildman–Crippen MR) is 84.7 cm³/mol. The summed E-state index contributed by atoms with van der Waals surface area (Å²) in [6.45, 7) is 2.11. The SMILES string of the molecule is CNC(C)c1ccc(Oc2cccc(OC)c2)cc1Br. The lowest BCUT2D eigenvalue weighted by atomic mass is 10.1. The fraction of sp³-hybridized carbons (Fsp3) is 0.250. The lowest BCUT2D eigenvalue weighted by Gasteiger charge is -2.14. The van der Waals surface area contributed by atoms with E-state index in [0.717, 1.165) is 21.7 Å². The molecule has 0 saturated carbocycles. The minimum atomic E-state index is 0.287. The van der Waals surface area contributed by atoms with Gasteiger partial charge in [0, 0.05) is 16.6 Å². The minimum Gasteiger partial charge on any atom is -0.497 e. The van der Waals surface area contributed by atoms with Gasteiger partial charge in [-0.2, -0.15) is 0 Å². The fourth-order valence-electron chi connectivity index (χ4n) is 1.88. The molecule has 0 amide bonds. The Bertz CT molecular complexity index is 586. The summed E-state index contributed by atoms with van der Waals surface area (Å²) in [4.78, 5) is 0. The maximum atomic E-state index is 5.84. The van der Waals surface area contributed by atoms with Crippen LogP contribution in [0.25, 0.3) is 0 Å². The molecule has 4 heteroatoms. The highest BCUT2D eigenvalue weighted by Gasteiger charge is 2.08. The summed E-state index contributed by atoms with van der Waals surface area (Å²) in [5.74, 6) is 2.32. The molecule has 0 spiro atoms. The average Bonchev–Trinajstić information content (AvgIpc) is 2.47. The first-order valence-electron chi connectivity index (χ1n) is 6.42. The van der Waals surface area contributed by atoms with Crippen molar-refractivity contribution in [3.63, 3.8) is 0 Å². The molecule has 0 aromatic heterocycles. The average molecular weight is 336 g/mol. The molecule has 2 aromatic carbocycles. The Hall–Kier alpha value is -1.52. The summed E-state index contributed by atoms with van der Waals surface area (Å²) in [5.41, 5.74) is 1.20. The second-order valence-electron chi connectivity index (χ2n) is 4.47. The van der Waals surface area contributed by atoms with Crippen molar-refractivity contribution in [1.82, 2.24) is 5.32 Å². The Morgan fingerprint density at radius 1 is 1.05 bits per heavy atom. The normalized spacial score (nSPS) is 12.0. The van der Waals surface area contributed by atoms with Crippen LogP contribution in [-0.2, 0) is 0 Å². The van der Waals surface area contributed by atoms with Crippen LogP contribution < -0.4 is 14.8 Å². The summed E-state index contributed by atoms with van der Waals surface area (Å²) < 4.78 is 12.1. The Kier molecular flexibility index (Phi) is 5.04. The maximum absolute atomic E-state index is 5.84. The molecule has 2 aromatic rings. The van der Waals surface area contributed by atoms with Crippen molar-refractivity contribution in [2.75, 3.05) is 14.2 Å². The van der Waals surface area contributed by atoms with Gasteiger partial charge >= 0.3 is 0 Å². The van der Waals surface area contributed by atoms with Crippen LogP contribution in [0.1, 0.15) is 18.5 Å². The maximum Gasteiger partial charge on any atom is 0.131 e. The lowest BCUT2D eigenvalue weighted by Crippen LogP contribution is -2.12. The molecule has 0 saturated heterocycles. The summed E-state index contributed by atoms with van der Waals surface area (Å²) in [5, 5.41) is 3.22. The van der Waals surface area contributed by atoms with E-state index in [1.165, 1.54) is 5.56 Å². The van der Waals surface area contributed by atoms with Gasteiger partial charge in [0.25, 0.3) is 0 Å². The quantitative estimate of drug-likeness (QED) is 0.870. The molecule has 106 valence electrons. The van der Waals surface area contributed by atoms with E-state index in [1.807, 2.05) is 43.4 Å². The summed E-state index contributed by atoms with van der Waals surface area (Å²) >= 11 is 3.59. The van der Waals surface area contributed by atoms with Crippen LogP contribution in [0, 0.1) is 0 Å². The zero-order valence-electron chi connectivity index (χ0n) is 11.8. The molecule has 3 nitrogen and oxygen atoms in total. The van der Waals surface area contributed by atoms with Crippen molar-refractivity contribution in [2.24, 2.45) is 0 Å².